The van der Waals surface area contributed by atoms with Gasteiger partial charge < -0.3 is 9.84 Å². The third kappa shape index (κ3) is 3.89. The van der Waals surface area contributed by atoms with Crippen molar-refractivity contribution in [3.8, 4) is 5.75 Å². The van der Waals surface area contributed by atoms with Gasteiger partial charge >= 0.3 is 0 Å². The van der Waals surface area contributed by atoms with E-state index in [9.17, 15) is 14.0 Å². The molecule has 0 saturated heterocycles. The van der Waals surface area contributed by atoms with Gasteiger partial charge in [-0.15, -0.1) is 11.8 Å². The minimum atomic E-state index is -0.476. The molecule has 1 aliphatic rings. The molecule has 2 amide bonds. The fraction of sp³-hybridized carbons (Fsp3) is 0.200. The zero-order valence-corrected chi connectivity index (χ0v) is 15.5. The van der Waals surface area contributed by atoms with Crippen LogP contribution < -0.4 is 9.64 Å². The standard InChI is InChI=1S/C20H18FNO4S/c1-2-26-16-9-7-15(8-10-16)22-19(24)17(13-3-5-14(21)6-4-13)18(20(22)25)27-12-11-23/h3-10,23H,2,11-12H2,1H3. The minimum absolute atomic E-state index is 0.130. The topological polar surface area (TPSA) is 66.8 Å². The van der Waals surface area contributed by atoms with Crippen LogP contribution in [0.25, 0.3) is 5.57 Å². The summed E-state index contributed by atoms with van der Waals surface area (Å²) in [6, 6.07) is 12.1. The largest absolute Gasteiger partial charge is 0.494 e. The molecule has 5 nitrogen and oxygen atoms in total. The second-order valence-electron chi connectivity index (χ2n) is 5.66. The summed E-state index contributed by atoms with van der Waals surface area (Å²) in [5.74, 6) is -0.444. The van der Waals surface area contributed by atoms with Crippen LogP contribution in [0.5, 0.6) is 5.75 Å². The summed E-state index contributed by atoms with van der Waals surface area (Å²) in [4.78, 5) is 27.3. The number of nitrogens with zero attached hydrogens (tertiary/aromatic N) is 1. The highest BCUT2D eigenvalue weighted by Crippen LogP contribution is 2.38. The number of amides is 2. The molecule has 2 aromatic rings. The third-order valence-corrected chi connectivity index (χ3v) is 4.97. The molecule has 3 rings (SSSR count). The first-order valence-electron chi connectivity index (χ1n) is 8.42. The van der Waals surface area contributed by atoms with Crippen molar-refractivity contribution >= 4 is 34.8 Å². The number of thioether (sulfide) groups is 1. The Hall–Kier alpha value is -2.64. The van der Waals surface area contributed by atoms with Crippen molar-refractivity contribution in [1.82, 2.24) is 0 Å². The number of ether oxygens (including phenoxy) is 1. The molecule has 2 aromatic carbocycles. The molecule has 0 spiro atoms. The fourth-order valence-electron chi connectivity index (χ4n) is 2.75. The van der Waals surface area contributed by atoms with Gasteiger partial charge in [0.2, 0.25) is 0 Å². The van der Waals surface area contributed by atoms with E-state index >= 15 is 0 Å². The van der Waals surface area contributed by atoms with Crippen LogP contribution in [0.1, 0.15) is 12.5 Å². The number of halogens is 1. The van der Waals surface area contributed by atoms with E-state index in [0.29, 0.717) is 23.6 Å². The average molecular weight is 387 g/mol. The molecule has 7 heteroatoms. The van der Waals surface area contributed by atoms with Gasteiger partial charge in [-0.1, -0.05) is 12.1 Å². The van der Waals surface area contributed by atoms with Gasteiger partial charge in [-0.25, -0.2) is 9.29 Å². The van der Waals surface area contributed by atoms with Crippen LogP contribution in [0, 0.1) is 5.82 Å². The van der Waals surface area contributed by atoms with Crippen LogP contribution in [-0.2, 0) is 9.59 Å². The second kappa shape index (κ2) is 8.37. The molecule has 0 saturated carbocycles. The number of carbonyl (C=O) groups excluding carboxylic acids is 2. The Kier molecular flexibility index (Phi) is 5.93. The molecule has 140 valence electrons. The Balaban J connectivity index is 1.99. The van der Waals surface area contributed by atoms with E-state index in [1.807, 2.05) is 6.92 Å². The highest BCUT2D eigenvalue weighted by molar-refractivity contribution is 8.04. The predicted molar refractivity (Wildman–Crippen MR) is 103 cm³/mol. The van der Waals surface area contributed by atoms with Gasteiger partial charge in [0, 0.05) is 5.75 Å². The number of imide groups is 1. The summed E-state index contributed by atoms with van der Waals surface area (Å²) in [6.07, 6.45) is 0. The molecule has 0 radical (unpaired) electrons. The molecule has 1 aliphatic heterocycles. The monoisotopic (exact) mass is 387 g/mol. The smallest absolute Gasteiger partial charge is 0.272 e. The first-order chi connectivity index (χ1) is 13.1. The van der Waals surface area contributed by atoms with Crippen molar-refractivity contribution in [2.24, 2.45) is 0 Å². The highest BCUT2D eigenvalue weighted by atomic mass is 32.2. The molecule has 0 aliphatic carbocycles. The van der Waals surface area contributed by atoms with Crippen LogP contribution in [0.3, 0.4) is 0 Å². The van der Waals surface area contributed by atoms with Crippen LogP contribution in [0.4, 0.5) is 10.1 Å². The zero-order valence-electron chi connectivity index (χ0n) is 14.6. The first kappa shape index (κ1) is 19.1. The summed E-state index contributed by atoms with van der Waals surface area (Å²) in [5, 5.41) is 9.12. The molecule has 0 fully saturated rings. The van der Waals surface area contributed by atoms with Crippen molar-refractivity contribution in [1.29, 1.82) is 0 Å². The van der Waals surface area contributed by atoms with E-state index in [1.54, 1.807) is 24.3 Å². The predicted octanol–water partition coefficient (Wildman–Crippen LogP) is 3.23. The SMILES string of the molecule is CCOc1ccc(N2C(=O)C(SCCO)=C(c3ccc(F)cc3)C2=O)cc1. The van der Waals surface area contributed by atoms with Crippen molar-refractivity contribution in [3.05, 3.63) is 64.8 Å². The third-order valence-electron chi connectivity index (χ3n) is 3.92. The van der Waals surface area contributed by atoms with E-state index in [-0.39, 0.29) is 22.8 Å². The van der Waals surface area contributed by atoms with E-state index in [4.69, 9.17) is 9.84 Å². The van der Waals surface area contributed by atoms with Crippen LogP contribution >= 0.6 is 11.8 Å². The van der Waals surface area contributed by atoms with Crippen molar-refractivity contribution in [2.45, 2.75) is 6.92 Å². The van der Waals surface area contributed by atoms with Crippen molar-refractivity contribution in [3.63, 3.8) is 0 Å². The number of anilines is 1. The number of hydrogen-bond donors (Lipinski definition) is 1. The van der Waals surface area contributed by atoms with Gasteiger partial charge in [0.1, 0.15) is 11.6 Å². The minimum Gasteiger partial charge on any atom is -0.494 e. The lowest BCUT2D eigenvalue weighted by Crippen LogP contribution is -2.31. The Labute approximate surface area is 160 Å². The maximum atomic E-state index is 13.3. The summed E-state index contributed by atoms with van der Waals surface area (Å²) in [7, 11) is 0. The maximum absolute atomic E-state index is 13.3. The quantitative estimate of drug-likeness (QED) is 0.739. The van der Waals surface area contributed by atoms with E-state index in [2.05, 4.69) is 0 Å². The Morgan fingerprint density at radius 1 is 1.04 bits per heavy atom. The average Bonchev–Trinajstić information content (AvgIpc) is 2.92. The van der Waals surface area contributed by atoms with Gasteiger partial charge in [0.25, 0.3) is 11.8 Å². The lowest BCUT2D eigenvalue weighted by atomic mass is 10.1. The number of aliphatic hydroxyl groups excluding tert-OH is 1. The number of hydrogen-bond acceptors (Lipinski definition) is 5. The number of carbonyl (C=O) groups is 2. The van der Waals surface area contributed by atoms with E-state index in [1.165, 1.54) is 24.3 Å². The molecule has 27 heavy (non-hydrogen) atoms. The number of rotatable bonds is 7. The van der Waals surface area contributed by atoms with E-state index in [0.717, 1.165) is 16.7 Å². The van der Waals surface area contributed by atoms with Crippen LogP contribution in [0.15, 0.2) is 53.4 Å². The molecule has 1 N–H and O–H groups in total. The fourth-order valence-corrected chi connectivity index (χ4v) is 3.61. The first-order valence-corrected chi connectivity index (χ1v) is 9.41. The van der Waals surface area contributed by atoms with Gasteiger partial charge in [-0.3, -0.25) is 9.59 Å². The van der Waals surface area contributed by atoms with Crippen LogP contribution in [0.2, 0.25) is 0 Å². The van der Waals surface area contributed by atoms with Gasteiger partial charge in [-0.05, 0) is 48.9 Å². The van der Waals surface area contributed by atoms with Gasteiger partial charge in [0.05, 0.1) is 29.4 Å². The Morgan fingerprint density at radius 3 is 2.30 bits per heavy atom. The zero-order chi connectivity index (χ0) is 19.4. The molecule has 1 heterocycles. The Bertz CT molecular complexity index is 878. The Morgan fingerprint density at radius 2 is 1.70 bits per heavy atom. The number of benzene rings is 2. The molecule has 0 aromatic heterocycles. The molecule has 0 atom stereocenters. The van der Waals surface area contributed by atoms with Crippen molar-refractivity contribution < 1.29 is 23.8 Å². The normalized spacial score (nSPS) is 14.3. The molecular weight excluding hydrogens is 369 g/mol. The number of aliphatic hydroxyl groups is 1. The lowest BCUT2D eigenvalue weighted by molar-refractivity contribution is -0.119. The molecule has 0 unspecified atom stereocenters. The van der Waals surface area contributed by atoms with Gasteiger partial charge in [-0.2, -0.15) is 0 Å². The highest BCUT2D eigenvalue weighted by Gasteiger charge is 2.40. The van der Waals surface area contributed by atoms with Crippen LogP contribution in [-0.4, -0.2) is 35.9 Å². The van der Waals surface area contributed by atoms with Gasteiger partial charge in [0.15, 0.2) is 0 Å². The second-order valence-corrected chi connectivity index (χ2v) is 6.76. The summed E-state index contributed by atoms with van der Waals surface area (Å²) in [6.45, 7) is 2.25. The molecular formula is C20H18FNO4S. The maximum Gasteiger partial charge on any atom is 0.272 e. The summed E-state index contributed by atoms with van der Waals surface area (Å²) in [5.41, 5.74) is 1.10. The lowest BCUT2D eigenvalue weighted by Gasteiger charge is -2.15. The van der Waals surface area contributed by atoms with Crippen molar-refractivity contribution in [2.75, 3.05) is 23.9 Å². The summed E-state index contributed by atoms with van der Waals surface area (Å²) < 4.78 is 18.6. The molecule has 0 bridgehead atoms. The van der Waals surface area contributed by atoms with E-state index < -0.39 is 17.6 Å². The summed E-state index contributed by atoms with van der Waals surface area (Å²) >= 11 is 1.11.